The van der Waals surface area contributed by atoms with Gasteiger partial charge in [-0.3, -0.25) is 4.84 Å². The van der Waals surface area contributed by atoms with Gasteiger partial charge in [0.05, 0.1) is 0 Å². The molecule has 1 atom stereocenters. The van der Waals surface area contributed by atoms with Crippen molar-refractivity contribution in [3.8, 4) is 0 Å². The van der Waals surface area contributed by atoms with Crippen molar-refractivity contribution in [3.05, 3.63) is 0 Å². The summed E-state index contributed by atoms with van der Waals surface area (Å²) in [6.45, 7) is 1.51. The smallest absolute Gasteiger partial charge is 0.338 e. The number of carbonyl (C=O) groups excluding carboxylic acids is 1. The molecule has 0 aromatic rings. The normalized spacial score (nSPS) is 19.4. The fourth-order valence-electron chi connectivity index (χ4n) is 1.40. The quantitative estimate of drug-likeness (QED) is 0.548. The average molecular weight is 232 g/mol. The van der Waals surface area contributed by atoms with Crippen molar-refractivity contribution in [3.63, 3.8) is 0 Å². The molecule has 1 rings (SSSR count). The fraction of sp³-hybridized carbons (Fsp3) is 0.778. The average Bonchev–Trinajstić information content (AvgIpc) is 2.70. The lowest BCUT2D eigenvalue weighted by Gasteiger charge is -2.09. The van der Waals surface area contributed by atoms with Gasteiger partial charge < -0.3 is 15.2 Å². The highest BCUT2D eigenvalue weighted by atomic mass is 16.7. The van der Waals surface area contributed by atoms with Gasteiger partial charge >= 0.3 is 12.0 Å². The fourth-order valence-corrected chi connectivity index (χ4v) is 1.40. The van der Waals surface area contributed by atoms with Gasteiger partial charge in [0.2, 0.25) is 0 Å². The summed E-state index contributed by atoms with van der Waals surface area (Å²) >= 11 is 0. The molecule has 7 nitrogen and oxygen atoms in total. The van der Waals surface area contributed by atoms with Gasteiger partial charge in [-0.1, -0.05) is 0 Å². The maximum absolute atomic E-state index is 11.0. The molecule has 0 aromatic carbocycles. The summed E-state index contributed by atoms with van der Waals surface area (Å²) < 4.78 is 5.19. The van der Waals surface area contributed by atoms with Gasteiger partial charge in [0.25, 0.3) is 0 Å². The number of carboxylic acids is 1. The Balaban J connectivity index is 1.95. The first-order valence-electron chi connectivity index (χ1n) is 5.13. The van der Waals surface area contributed by atoms with Crippen molar-refractivity contribution in [1.82, 2.24) is 10.8 Å². The van der Waals surface area contributed by atoms with Crippen LogP contribution in [0.15, 0.2) is 0 Å². The summed E-state index contributed by atoms with van der Waals surface area (Å²) in [5.74, 6) is -0.636. The highest BCUT2D eigenvalue weighted by Crippen LogP contribution is 2.14. The Morgan fingerprint density at radius 1 is 1.50 bits per heavy atom. The molecule has 1 saturated heterocycles. The van der Waals surface area contributed by atoms with Crippen LogP contribution in [0.5, 0.6) is 0 Å². The molecule has 7 heteroatoms. The lowest BCUT2D eigenvalue weighted by atomic mass is 10.1. The maximum Gasteiger partial charge on any atom is 0.338 e. The van der Waals surface area contributed by atoms with Gasteiger partial charge in [0.15, 0.2) is 6.61 Å². The molecule has 1 fully saturated rings. The number of hydrogen-bond acceptors (Lipinski definition) is 4. The summed E-state index contributed by atoms with van der Waals surface area (Å²) in [4.78, 5) is 25.5. The Hall–Kier alpha value is -1.34. The van der Waals surface area contributed by atoms with Gasteiger partial charge in [0.1, 0.15) is 0 Å². The van der Waals surface area contributed by atoms with E-state index < -0.39 is 18.6 Å². The Kier molecular flexibility index (Phi) is 5.58. The van der Waals surface area contributed by atoms with E-state index in [-0.39, 0.29) is 0 Å². The number of carboxylic acid groups (broad SMARTS) is 1. The van der Waals surface area contributed by atoms with Gasteiger partial charge in [-0.15, -0.1) is 0 Å². The Labute approximate surface area is 93.1 Å². The highest BCUT2D eigenvalue weighted by Gasteiger charge is 2.15. The van der Waals surface area contributed by atoms with Crippen LogP contribution in [0.2, 0.25) is 0 Å². The first-order chi connectivity index (χ1) is 7.68. The number of carbonyl (C=O) groups is 2. The zero-order chi connectivity index (χ0) is 11.8. The second-order valence-electron chi connectivity index (χ2n) is 3.56. The van der Waals surface area contributed by atoms with Crippen LogP contribution >= 0.6 is 0 Å². The molecule has 92 valence electrons. The van der Waals surface area contributed by atoms with Crippen molar-refractivity contribution >= 4 is 12.0 Å². The molecule has 1 unspecified atom stereocenters. The Morgan fingerprint density at radius 2 is 2.31 bits per heavy atom. The number of urea groups is 1. The van der Waals surface area contributed by atoms with E-state index in [4.69, 9.17) is 9.84 Å². The zero-order valence-corrected chi connectivity index (χ0v) is 8.90. The van der Waals surface area contributed by atoms with Gasteiger partial charge in [-0.25, -0.2) is 15.1 Å². The first kappa shape index (κ1) is 12.7. The molecule has 1 aliphatic heterocycles. The molecular formula is C9H16N2O5. The monoisotopic (exact) mass is 232 g/mol. The summed E-state index contributed by atoms with van der Waals surface area (Å²) in [6, 6.07) is -0.528. The number of nitrogens with one attached hydrogen (secondary N) is 2. The molecule has 3 N–H and O–H groups in total. The lowest BCUT2D eigenvalue weighted by molar-refractivity contribution is -0.144. The van der Waals surface area contributed by atoms with E-state index in [2.05, 4.69) is 10.2 Å². The number of hydrogen-bond donors (Lipinski definition) is 3. The topological polar surface area (TPSA) is 96.9 Å². The standard InChI is InChI=1S/C9H16N2O5/c12-8(13)6-16-11-9(14)10-3-1-7-2-4-15-5-7/h7H,1-6H2,(H,12,13)(H2,10,11,14). The summed E-state index contributed by atoms with van der Waals surface area (Å²) in [5.41, 5.74) is 1.98. The third-order valence-corrected chi connectivity index (χ3v) is 2.22. The maximum atomic E-state index is 11.0. The van der Waals surface area contributed by atoms with Crippen LogP contribution in [-0.4, -0.2) is 43.5 Å². The van der Waals surface area contributed by atoms with Crippen LogP contribution in [0.4, 0.5) is 4.79 Å². The van der Waals surface area contributed by atoms with E-state index in [0.717, 1.165) is 26.1 Å². The van der Waals surface area contributed by atoms with E-state index in [9.17, 15) is 9.59 Å². The molecule has 16 heavy (non-hydrogen) atoms. The van der Waals surface area contributed by atoms with Gasteiger partial charge in [0, 0.05) is 19.8 Å². The van der Waals surface area contributed by atoms with Gasteiger partial charge in [-0.2, -0.15) is 0 Å². The van der Waals surface area contributed by atoms with Crippen LogP contribution in [0.1, 0.15) is 12.8 Å². The Morgan fingerprint density at radius 3 is 2.94 bits per heavy atom. The van der Waals surface area contributed by atoms with E-state index in [1.807, 2.05) is 5.48 Å². The number of amides is 2. The van der Waals surface area contributed by atoms with Crippen LogP contribution in [-0.2, 0) is 14.4 Å². The third kappa shape index (κ3) is 5.52. The van der Waals surface area contributed by atoms with E-state index in [1.54, 1.807) is 0 Å². The van der Waals surface area contributed by atoms with Crippen LogP contribution in [0, 0.1) is 5.92 Å². The predicted molar refractivity (Wildman–Crippen MR) is 53.7 cm³/mol. The highest BCUT2D eigenvalue weighted by molar-refractivity contribution is 5.73. The lowest BCUT2D eigenvalue weighted by Crippen LogP contribution is -2.37. The zero-order valence-electron chi connectivity index (χ0n) is 8.90. The number of hydroxylamine groups is 1. The minimum absolute atomic E-state index is 0.500. The van der Waals surface area contributed by atoms with E-state index >= 15 is 0 Å². The van der Waals surface area contributed by atoms with Crippen LogP contribution in [0.25, 0.3) is 0 Å². The van der Waals surface area contributed by atoms with Crippen molar-refractivity contribution in [1.29, 1.82) is 0 Å². The first-order valence-corrected chi connectivity index (χ1v) is 5.13. The Bertz CT molecular complexity index is 240. The van der Waals surface area contributed by atoms with Crippen LogP contribution < -0.4 is 10.8 Å². The summed E-state index contributed by atoms with van der Waals surface area (Å²) in [7, 11) is 0. The van der Waals surface area contributed by atoms with Crippen molar-refractivity contribution < 1.29 is 24.3 Å². The minimum Gasteiger partial charge on any atom is -0.479 e. The van der Waals surface area contributed by atoms with Crippen LogP contribution in [0.3, 0.4) is 0 Å². The molecule has 1 aliphatic rings. The van der Waals surface area contributed by atoms with Gasteiger partial charge in [-0.05, 0) is 18.8 Å². The molecule has 0 spiro atoms. The van der Waals surface area contributed by atoms with E-state index in [1.165, 1.54) is 0 Å². The second-order valence-corrected chi connectivity index (χ2v) is 3.56. The third-order valence-electron chi connectivity index (χ3n) is 2.22. The van der Waals surface area contributed by atoms with Crippen molar-refractivity contribution in [2.45, 2.75) is 12.8 Å². The number of aliphatic carboxylic acids is 1. The molecule has 0 bridgehead atoms. The molecule has 1 heterocycles. The van der Waals surface area contributed by atoms with E-state index in [0.29, 0.717) is 12.5 Å². The SMILES string of the molecule is O=C(O)CONC(=O)NCCC1CCOC1. The largest absolute Gasteiger partial charge is 0.479 e. The summed E-state index contributed by atoms with van der Waals surface area (Å²) in [6.07, 6.45) is 1.88. The minimum atomic E-state index is -1.14. The predicted octanol–water partition coefficient (Wildman–Crippen LogP) is -0.272. The summed E-state index contributed by atoms with van der Waals surface area (Å²) in [5, 5.41) is 10.8. The molecule has 0 aromatic heterocycles. The number of ether oxygens (including phenoxy) is 1. The molecular weight excluding hydrogens is 216 g/mol. The molecule has 0 radical (unpaired) electrons. The van der Waals surface area contributed by atoms with Crippen molar-refractivity contribution in [2.75, 3.05) is 26.4 Å². The molecule has 2 amide bonds. The second kappa shape index (κ2) is 7.02. The molecule has 0 saturated carbocycles. The van der Waals surface area contributed by atoms with Crippen molar-refractivity contribution in [2.24, 2.45) is 5.92 Å². The number of rotatable bonds is 6. The molecule has 0 aliphatic carbocycles.